The number of ether oxygens (including phenoxy) is 1. The topological polar surface area (TPSA) is 81.5 Å². The Labute approximate surface area is 122 Å². The number of nitrogens with zero attached hydrogens (tertiary/aromatic N) is 1. The van der Waals surface area contributed by atoms with Gasteiger partial charge in [0.05, 0.1) is 11.5 Å². The van der Waals surface area contributed by atoms with Crippen LogP contribution in [0, 0.1) is 10.1 Å². The fourth-order valence-corrected chi connectivity index (χ4v) is 1.53. The molecule has 0 heterocycles. The number of rotatable bonds is 6. The lowest BCUT2D eigenvalue weighted by Crippen LogP contribution is -2.29. The molecule has 0 aromatic heterocycles. The van der Waals surface area contributed by atoms with E-state index >= 15 is 0 Å². The highest BCUT2D eigenvalue weighted by Gasteiger charge is 2.27. The van der Waals surface area contributed by atoms with Gasteiger partial charge in [-0.3, -0.25) is 14.9 Å². The summed E-state index contributed by atoms with van der Waals surface area (Å²) in [5.41, 5.74) is -0.726. The second-order valence-electron chi connectivity index (χ2n) is 3.84. The third kappa shape index (κ3) is 5.96. The Hall–Kier alpha value is -1.87. The lowest BCUT2D eigenvalue weighted by molar-refractivity contribution is -0.385. The van der Waals surface area contributed by atoms with Gasteiger partial charge in [-0.15, -0.1) is 0 Å². The Morgan fingerprint density at radius 1 is 1.43 bits per heavy atom. The summed E-state index contributed by atoms with van der Waals surface area (Å²) in [5.74, 6) is -0.797. The van der Waals surface area contributed by atoms with Gasteiger partial charge in [0.25, 0.3) is 11.6 Å². The Morgan fingerprint density at radius 3 is 2.67 bits per heavy atom. The molecular formula is C11H10ClF3N2O4. The molecule has 1 aromatic carbocycles. The zero-order chi connectivity index (χ0) is 16.0. The maximum absolute atomic E-state index is 11.8. The van der Waals surface area contributed by atoms with Gasteiger partial charge in [0.2, 0.25) is 0 Å². The van der Waals surface area contributed by atoms with Crippen molar-refractivity contribution in [2.75, 3.05) is 19.8 Å². The van der Waals surface area contributed by atoms with Gasteiger partial charge in [0.15, 0.2) is 0 Å². The van der Waals surface area contributed by atoms with E-state index in [0.717, 1.165) is 12.1 Å². The normalized spacial score (nSPS) is 11.2. The summed E-state index contributed by atoms with van der Waals surface area (Å²) < 4.78 is 39.6. The van der Waals surface area contributed by atoms with Gasteiger partial charge in [-0.25, -0.2) is 0 Å². The fraction of sp³-hybridized carbons (Fsp3) is 0.364. The van der Waals surface area contributed by atoms with Crippen molar-refractivity contribution in [3.63, 3.8) is 0 Å². The molecule has 1 N–H and O–H groups in total. The van der Waals surface area contributed by atoms with Crippen LogP contribution in [0.25, 0.3) is 0 Å². The third-order valence-corrected chi connectivity index (χ3v) is 2.43. The third-order valence-electron chi connectivity index (χ3n) is 2.20. The van der Waals surface area contributed by atoms with Gasteiger partial charge in [0, 0.05) is 17.6 Å². The van der Waals surface area contributed by atoms with E-state index in [4.69, 9.17) is 11.6 Å². The van der Waals surface area contributed by atoms with Crippen molar-refractivity contribution in [3.05, 3.63) is 38.9 Å². The minimum atomic E-state index is -4.45. The molecule has 0 aliphatic rings. The van der Waals surface area contributed by atoms with Crippen LogP contribution in [0.3, 0.4) is 0 Å². The van der Waals surface area contributed by atoms with Crippen LogP contribution < -0.4 is 5.32 Å². The number of halogens is 4. The molecule has 10 heteroatoms. The highest BCUT2D eigenvalue weighted by Crippen LogP contribution is 2.23. The summed E-state index contributed by atoms with van der Waals surface area (Å²) in [6.07, 6.45) is -4.45. The number of alkyl halides is 3. The number of nitro groups is 1. The van der Waals surface area contributed by atoms with Gasteiger partial charge in [0.1, 0.15) is 12.2 Å². The number of hydrogen-bond acceptors (Lipinski definition) is 4. The minimum absolute atomic E-state index is 0.0896. The maximum Gasteiger partial charge on any atom is 0.411 e. The van der Waals surface area contributed by atoms with Gasteiger partial charge in [-0.1, -0.05) is 11.6 Å². The molecule has 0 aliphatic carbocycles. The molecule has 0 saturated heterocycles. The van der Waals surface area contributed by atoms with Crippen molar-refractivity contribution in [2.24, 2.45) is 0 Å². The van der Waals surface area contributed by atoms with E-state index in [2.05, 4.69) is 10.1 Å². The Kier molecular flexibility index (Phi) is 5.91. The number of benzene rings is 1. The number of amides is 1. The number of carbonyl (C=O) groups is 1. The van der Waals surface area contributed by atoms with Crippen LogP contribution >= 0.6 is 11.6 Å². The standard InChI is InChI=1S/C11H10ClF3N2O4/c12-7-1-2-8(9(5-7)17(19)20)10(18)16-3-4-21-6-11(13,14)15/h1-2,5H,3-4,6H2,(H,16,18). The predicted octanol–water partition coefficient (Wildman–Crippen LogP) is 2.56. The molecule has 0 unspecified atom stereocenters. The van der Waals surface area contributed by atoms with Crippen LogP contribution in [-0.4, -0.2) is 36.8 Å². The minimum Gasteiger partial charge on any atom is -0.370 e. The highest BCUT2D eigenvalue weighted by molar-refractivity contribution is 6.31. The first-order chi connectivity index (χ1) is 9.70. The zero-order valence-electron chi connectivity index (χ0n) is 10.4. The van der Waals surface area contributed by atoms with Crippen molar-refractivity contribution < 1.29 is 27.6 Å². The molecule has 0 aliphatic heterocycles. The molecule has 6 nitrogen and oxygen atoms in total. The van der Waals surface area contributed by atoms with Gasteiger partial charge < -0.3 is 10.1 Å². The summed E-state index contributed by atoms with van der Waals surface area (Å²) in [6.45, 7) is -2.01. The molecule has 116 valence electrons. The molecule has 1 amide bonds. The fourth-order valence-electron chi connectivity index (χ4n) is 1.37. The summed E-state index contributed by atoms with van der Waals surface area (Å²) >= 11 is 5.59. The van der Waals surface area contributed by atoms with Crippen molar-refractivity contribution in [1.29, 1.82) is 0 Å². The lowest BCUT2D eigenvalue weighted by atomic mass is 10.1. The molecule has 0 saturated carbocycles. The van der Waals surface area contributed by atoms with Crippen molar-refractivity contribution in [2.45, 2.75) is 6.18 Å². The first-order valence-electron chi connectivity index (χ1n) is 5.57. The summed E-state index contributed by atoms with van der Waals surface area (Å²) in [6, 6.07) is 3.46. The van der Waals surface area contributed by atoms with Crippen molar-refractivity contribution >= 4 is 23.2 Å². The van der Waals surface area contributed by atoms with Crippen LogP contribution in [0.2, 0.25) is 5.02 Å². The monoisotopic (exact) mass is 326 g/mol. The van der Waals surface area contributed by atoms with Crippen LogP contribution in [-0.2, 0) is 4.74 Å². The average Bonchev–Trinajstić information content (AvgIpc) is 2.36. The summed E-state index contributed by atoms with van der Waals surface area (Å²) in [4.78, 5) is 21.7. The second-order valence-corrected chi connectivity index (χ2v) is 4.28. The van der Waals surface area contributed by atoms with Crippen LogP contribution in [0.15, 0.2) is 18.2 Å². The van der Waals surface area contributed by atoms with Gasteiger partial charge in [-0.2, -0.15) is 13.2 Å². The van der Waals surface area contributed by atoms with Crippen molar-refractivity contribution in [1.82, 2.24) is 5.32 Å². The smallest absolute Gasteiger partial charge is 0.370 e. The SMILES string of the molecule is O=C(NCCOCC(F)(F)F)c1ccc(Cl)cc1[N+](=O)[O-]. The van der Waals surface area contributed by atoms with E-state index < -0.39 is 29.3 Å². The van der Waals surface area contributed by atoms with E-state index in [0.29, 0.717) is 0 Å². The summed E-state index contributed by atoms with van der Waals surface area (Å²) in [5, 5.41) is 13.1. The Bertz CT molecular complexity index is 537. The van der Waals surface area contributed by atoms with E-state index in [1.165, 1.54) is 6.07 Å². The van der Waals surface area contributed by atoms with Crippen molar-refractivity contribution in [3.8, 4) is 0 Å². The molecule has 0 bridgehead atoms. The molecule has 0 radical (unpaired) electrons. The number of nitro benzene ring substituents is 1. The first kappa shape index (κ1) is 17.2. The average molecular weight is 327 g/mol. The van der Waals surface area contributed by atoms with E-state index in [1.807, 2.05) is 0 Å². The van der Waals surface area contributed by atoms with E-state index in [1.54, 1.807) is 0 Å². The zero-order valence-corrected chi connectivity index (χ0v) is 11.2. The molecule has 1 aromatic rings. The molecule has 21 heavy (non-hydrogen) atoms. The Balaban J connectivity index is 2.55. The summed E-state index contributed by atoms with van der Waals surface area (Å²) in [7, 11) is 0. The van der Waals surface area contributed by atoms with Gasteiger partial charge >= 0.3 is 6.18 Å². The van der Waals surface area contributed by atoms with Gasteiger partial charge in [-0.05, 0) is 12.1 Å². The molecule has 1 rings (SSSR count). The Morgan fingerprint density at radius 2 is 2.10 bits per heavy atom. The first-order valence-corrected chi connectivity index (χ1v) is 5.95. The maximum atomic E-state index is 11.8. The van der Waals surface area contributed by atoms with Crippen LogP contribution in [0.1, 0.15) is 10.4 Å². The number of hydrogen-bond donors (Lipinski definition) is 1. The second kappa shape index (κ2) is 7.23. The highest BCUT2D eigenvalue weighted by atomic mass is 35.5. The number of nitrogens with one attached hydrogen (secondary N) is 1. The van der Waals surface area contributed by atoms with E-state index in [-0.39, 0.29) is 23.7 Å². The van der Waals surface area contributed by atoms with Crippen LogP contribution in [0.4, 0.5) is 18.9 Å². The van der Waals surface area contributed by atoms with Crippen LogP contribution in [0.5, 0.6) is 0 Å². The lowest BCUT2D eigenvalue weighted by Gasteiger charge is -2.08. The predicted molar refractivity (Wildman–Crippen MR) is 67.3 cm³/mol. The van der Waals surface area contributed by atoms with E-state index in [9.17, 15) is 28.1 Å². The molecule has 0 fully saturated rings. The number of carbonyl (C=O) groups excluding carboxylic acids is 1. The molecule has 0 spiro atoms. The molecular weight excluding hydrogens is 317 g/mol. The largest absolute Gasteiger partial charge is 0.411 e. The quantitative estimate of drug-likeness (QED) is 0.495. The molecule has 0 atom stereocenters.